The summed E-state index contributed by atoms with van der Waals surface area (Å²) in [7, 11) is 4.48. The lowest BCUT2D eigenvalue weighted by molar-refractivity contribution is -0.120. The van der Waals surface area contributed by atoms with Crippen molar-refractivity contribution in [1.82, 2.24) is 10.7 Å². The first-order valence-corrected chi connectivity index (χ1v) is 10.9. The van der Waals surface area contributed by atoms with Crippen molar-refractivity contribution in [3.63, 3.8) is 0 Å². The van der Waals surface area contributed by atoms with Crippen molar-refractivity contribution in [2.75, 3.05) is 33.2 Å². The number of anilines is 1. The predicted octanol–water partition coefficient (Wildman–Crippen LogP) is 2.94. The molecule has 0 aliphatic rings. The minimum absolute atomic E-state index is 0.00966. The molecule has 9 nitrogen and oxygen atoms in total. The van der Waals surface area contributed by atoms with Crippen molar-refractivity contribution >= 4 is 17.5 Å². The van der Waals surface area contributed by atoms with Crippen molar-refractivity contribution in [2.45, 2.75) is 13.0 Å². The summed E-state index contributed by atoms with van der Waals surface area (Å²) in [5.41, 5.74) is 5.76. The average Bonchev–Trinajstić information content (AvgIpc) is 2.89. The van der Waals surface area contributed by atoms with Gasteiger partial charge >= 0.3 is 0 Å². The maximum Gasteiger partial charge on any atom is 0.255 e. The van der Waals surface area contributed by atoms with E-state index < -0.39 is 0 Å². The third kappa shape index (κ3) is 6.08. The Hall–Kier alpha value is -4.08. The Morgan fingerprint density at radius 3 is 2.14 bits per heavy atom. The Morgan fingerprint density at radius 1 is 0.914 bits per heavy atom. The molecule has 1 atom stereocenters. The number of nitrogens with one attached hydrogen (secondary N) is 3. The largest absolute Gasteiger partial charge is 0.493 e. The molecular formula is C26H30N4O5. The van der Waals surface area contributed by atoms with Gasteiger partial charge in [-0.2, -0.15) is 0 Å². The Morgan fingerprint density at radius 2 is 1.57 bits per heavy atom. The number of hydrazine groups is 1. The third-order valence-electron chi connectivity index (χ3n) is 5.45. The number of methoxy groups -OCH3 is 3. The number of amides is 2. The maximum atomic E-state index is 13.3. The van der Waals surface area contributed by atoms with Gasteiger partial charge in [0.2, 0.25) is 11.7 Å². The molecule has 0 aliphatic carbocycles. The molecule has 0 saturated carbocycles. The van der Waals surface area contributed by atoms with Gasteiger partial charge in [0.1, 0.15) is 0 Å². The topological polar surface area (TPSA) is 124 Å². The van der Waals surface area contributed by atoms with Crippen molar-refractivity contribution in [3.8, 4) is 17.2 Å². The average molecular weight is 479 g/mol. The summed E-state index contributed by atoms with van der Waals surface area (Å²) in [4.78, 5) is 25.2. The molecule has 0 spiro atoms. The number of carbonyl (C=O) groups is 2. The zero-order valence-corrected chi connectivity index (χ0v) is 20.2. The molecule has 0 bridgehead atoms. The van der Waals surface area contributed by atoms with E-state index in [1.807, 2.05) is 55.5 Å². The number of ether oxygens (including phenoxy) is 3. The molecule has 0 aromatic heterocycles. The molecule has 3 aromatic carbocycles. The molecule has 0 aliphatic heterocycles. The van der Waals surface area contributed by atoms with Crippen molar-refractivity contribution < 1.29 is 23.8 Å². The molecular weight excluding hydrogens is 448 g/mol. The summed E-state index contributed by atoms with van der Waals surface area (Å²) >= 11 is 0. The van der Waals surface area contributed by atoms with Crippen LogP contribution in [0.3, 0.4) is 0 Å². The number of hydrogen-bond acceptors (Lipinski definition) is 7. The van der Waals surface area contributed by atoms with E-state index in [1.165, 1.54) is 21.3 Å². The molecule has 5 N–H and O–H groups in total. The summed E-state index contributed by atoms with van der Waals surface area (Å²) in [6.07, 6.45) is 0. The monoisotopic (exact) mass is 478 g/mol. The molecule has 0 fully saturated rings. The standard InChI is InChI=1S/C26H30N4O5/c1-16-10-11-20(29-26(32)18-13-21(33-2)25(35-4)22(14-18)34-3)19(12-16)24(28-15-23(31)30-27)17-8-6-5-7-9-17/h5-14,24,28H,15,27H2,1-4H3,(H,29,32)(H,30,31). The van der Waals surface area contributed by atoms with E-state index in [4.69, 9.17) is 20.1 Å². The van der Waals surface area contributed by atoms with Crippen LogP contribution in [0.5, 0.6) is 17.2 Å². The molecule has 184 valence electrons. The van der Waals surface area contributed by atoms with E-state index in [0.717, 1.165) is 16.7 Å². The molecule has 3 rings (SSSR count). The second-order valence-corrected chi connectivity index (χ2v) is 7.75. The van der Waals surface area contributed by atoms with Gasteiger partial charge in [0.05, 0.1) is 33.9 Å². The second-order valence-electron chi connectivity index (χ2n) is 7.75. The first-order chi connectivity index (χ1) is 16.9. The number of rotatable bonds is 10. The SMILES string of the molecule is COc1cc(C(=O)Nc2ccc(C)cc2C(NCC(=O)NN)c2ccccc2)cc(OC)c1OC. The summed E-state index contributed by atoms with van der Waals surface area (Å²) < 4.78 is 16.1. The van der Waals surface area contributed by atoms with Gasteiger partial charge in [-0.1, -0.05) is 48.0 Å². The molecule has 2 amide bonds. The van der Waals surface area contributed by atoms with Gasteiger partial charge in [-0.3, -0.25) is 20.3 Å². The normalized spacial score (nSPS) is 11.3. The zero-order valence-electron chi connectivity index (χ0n) is 20.2. The number of aryl methyl sites for hydroxylation is 1. The van der Waals surface area contributed by atoms with Crippen LogP contribution in [0, 0.1) is 6.92 Å². The van der Waals surface area contributed by atoms with E-state index in [-0.39, 0.29) is 24.4 Å². The second kappa shape index (κ2) is 11.9. The molecule has 0 heterocycles. The molecule has 9 heteroatoms. The first kappa shape index (κ1) is 25.5. The number of benzene rings is 3. The van der Waals surface area contributed by atoms with Gasteiger partial charge in [-0.05, 0) is 36.2 Å². The Balaban J connectivity index is 2.01. The van der Waals surface area contributed by atoms with Gasteiger partial charge in [0.25, 0.3) is 5.91 Å². The molecule has 0 saturated heterocycles. The lowest BCUT2D eigenvalue weighted by Gasteiger charge is -2.23. The molecule has 35 heavy (non-hydrogen) atoms. The highest BCUT2D eigenvalue weighted by molar-refractivity contribution is 6.05. The summed E-state index contributed by atoms with van der Waals surface area (Å²) in [5, 5.41) is 6.23. The molecule has 3 aromatic rings. The van der Waals surface area contributed by atoms with Crippen molar-refractivity contribution in [1.29, 1.82) is 0 Å². The Bertz CT molecular complexity index is 1160. The van der Waals surface area contributed by atoms with Gasteiger partial charge in [0.15, 0.2) is 11.5 Å². The lowest BCUT2D eigenvalue weighted by atomic mass is 9.95. The van der Waals surface area contributed by atoms with E-state index in [2.05, 4.69) is 16.1 Å². The van der Waals surface area contributed by atoms with E-state index in [9.17, 15) is 9.59 Å². The van der Waals surface area contributed by atoms with Crippen LogP contribution in [0.15, 0.2) is 60.7 Å². The van der Waals surface area contributed by atoms with Crippen LogP contribution in [0.4, 0.5) is 5.69 Å². The van der Waals surface area contributed by atoms with Crippen LogP contribution in [0.25, 0.3) is 0 Å². The minimum Gasteiger partial charge on any atom is -0.493 e. The van der Waals surface area contributed by atoms with Crippen LogP contribution < -0.4 is 36.1 Å². The lowest BCUT2D eigenvalue weighted by Crippen LogP contribution is -2.39. The van der Waals surface area contributed by atoms with E-state index in [0.29, 0.717) is 28.5 Å². The van der Waals surface area contributed by atoms with Crippen LogP contribution in [-0.2, 0) is 4.79 Å². The van der Waals surface area contributed by atoms with E-state index in [1.54, 1.807) is 12.1 Å². The number of hydrogen-bond donors (Lipinski definition) is 4. The maximum absolute atomic E-state index is 13.3. The smallest absolute Gasteiger partial charge is 0.255 e. The molecule has 0 radical (unpaired) electrons. The Kier molecular flexibility index (Phi) is 8.66. The first-order valence-electron chi connectivity index (χ1n) is 10.9. The van der Waals surface area contributed by atoms with Gasteiger partial charge in [-0.15, -0.1) is 0 Å². The fourth-order valence-electron chi connectivity index (χ4n) is 3.74. The summed E-state index contributed by atoms with van der Waals surface area (Å²) in [5.74, 6) is 5.69. The minimum atomic E-state index is -0.386. The quantitative estimate of drug-likeness (QED) is 0.201. The van der Waals surface area contributed by atoms with Crippen LogP contribution in [-0.4, -0.2) is 39.7 Å². The van der Waals surface area contributed by atoms with Crippen LogP contribution in [0.1, 0.15) is 33.1 Å². The van der Waals surface area contributed by atoms with Crippen molar-refractivity contribution in [3.05, 3.63) is 82.9 Å². The molecule has 1 unspecified atom stereocenters. The highest BCUT2D eigenvalue weighted by atomic mass is 16.5. The number of nitrogens with two attached hydrogens (primary N) is 1. The fourth-order valence-corrected chi connectivity index (χ4v) is 3.74. The third-order valence-corrected chi connectivity index (χ3v) is 5.45. The van der Waals surface area contributed by atoms with Crippen LogP contribution >= 0.6 is 0 Å². The summed E-state index contributed by atoms with van der Waals surface area (Å²) in [6.45, 7) is 1.95. The number of carbonyl (C=O) groups excluding carboxylic acids is 2. The van der Waals surface area contributed by atoms with Crippen LogP contribution in [0.2, 0.25) is 0 Å². The zero-order chi connectivity index (χ0) is 25.4. The van der Waals surface area contributed by atoms with Gasteiger partial charge < -0.3 is 19.5 Å². The fraction of sp³-hybridized carbons (Fsp3) is 0.231. The highest BCUT2D eigenvalue weighted by Gasteiger charge is 2.22. The van der Waals surface area contributed by atoms with Crippen molar-refractivity contribution in [2.24, 2.45) is 5.84 Å². The summed E-state index contributed by atoms with van der Waals surface area (Å²) in [6, 6.07) is 18.1. The highest BCUT2D eigenvalue weighted by Crippen LogP contribution is 2.38. The van der Waals surface area contributed by atoms with E-state index >= 15 is 0 Å². The van der Waals surface area contributed by atoms with Gasteiger partial charge in [0, 0.05) is 11.3 Å². The predicted molar refractivity (Wildman–Crippen MR) is 134 cm³/mol. The van der Waals surface area contributed by atoms with Gasteiger partial charge in [-0.25, -0.2) is 5.84 Å². The Labute approximate surface area is 204 Å².